The molecule has 12 heavy (non-hydrogen) atoms. The molecule has 0 aliphatic heterocycles. The third-order valence-corrected chi connectivity index (χ3v) is 2.03. The fourth-order valence-corrected chi connectivity index (χ4v) is 1.30. The molecular weight excluding hydrogens is 174 g/mol. The Balaban J connectivity index is 2.29. The van der Waals surface area contributed by atoms with Crippen LogP contribution < -0.4 is 9.83 Å². The summed E-state index contributed by atoms with van der Waals surface area (Å²) in [6.07, 6.45) is -1.25. The van der Waals surface area contributed by atoms with Gasteiger partial charge in [-0.2, -0.15) is 0 Å². The van der Waals surface area contributed by atoms with Crippen LogP contribution in [0.4, 0.5) is 4.79 Å². The van der Waals surface area contributed by atoms with Gasteiger partial charge in [0, 0.05) is 5.75 Å². The van der Waals surface area contributed by atoms with Crippen molar-refractivity contribution < 1.29 is 9.90 Å². The van der Waals surface area contributed by atoms with E-state index in [0.29, 0.717) is 5.75 Å². The van der Waals surface area contributed by atoms with Gasteiger partial charge < -0.3 is 14.6 Å². The van der Waals surface area contributed by atoms with Gasteiger partial charge in [0.2, 0.25) is 0 Å². The molecule has 0 heterocycles. The van der Waals surface area contributed by atoms with Crippen molar-refractivity contribution in [3.05, 3.63) is 35.9 Å². The predicted octanol–water partition coefficient (Wildman–Crippen LogP) is 0.768. The highest BCUT2D eigenvalue weighted by molar-refractivity contribution is 7.97. The van der Waals surface area contributed by atoms with Crippen molar-refractivity contribution in [2.75, 3.05) is 0 Å². The molecule has 0 radical (unpaired) electrons. The molecule has 1 aromatic rings. The summed E-state index contributed by atoms with van der Waals surface area (Å²) in [6.45, 7) is 0. The lowest BCUT2D eigenvalue weighted by molar-refractivity contribution is -0.247. The highest BCUT2D eigenvalue weighted by Crippen LogP contribution is 2.07. The molecule has 3 nitrogen and oxygen atoms in total. The molecule has 0 aromatic heterocycles. The standard InChI is InChI=1S/C8H9NO2S/c10-8(11)9-12-6-7-4-2-1-3-5-7/h1-5,9H,6H2,(H,10,11)/p-1. The summed E-state index contributed by atoms with van der Waals surface area (Å²) in [4.78, 5) is 9.95. The van der Waals surface area contributed by atoms with Gasteiger partial charge in [-0.05, 0) is 17.5 Å². The van der Waals surface area contributed by atoms with Crippen molar-refractivity contribution in [3.63, 3.8) is 0 Å². The topological polar surface area (TPSA) is 52.2 Å². The number of nitrogens with one attached hydrogen (secondary N) is 1. The molecule has 0 saturated heterocycles. The van der Waals surface area contributed by atoms with Crippen molar-refractivity contribution in [1.29, 1.82) is 0 Å². The number of carbonyl (C=O) groups excluding carboxylic acids is 1. The Morgan fingerprint density at radius 2 is 2.08 bits per heavy atom. The molecule has 0 bridgehead atoms. The van der Waals surface area contributed by atoms with E-state index in [1.54, 1.807) is 0 Å². The SMILES string of the molecule is O=C([O-])NSCc1ccccc1. The maximum atomic E-state index is 9.95. The van der Waals surface area contributed by atoms with Crippen LogP contribution in [-0.4, -0.2) is 6.09 Å². The second kappa shape index (κ2) is 4.66. The minimum atomic E-state index is -1.25. The largest absolute Gasteiger partial charge is 0.529 e. The van der Waals surface area contributed by atoms with Crippen LogP contribution in [0.1, 0.15) is 5.56 Å². The zero-order valence-electron chi connectivity index (χ0n) is 6.32. The van der Waals surface area contributed by atoms with Crippen molar-refractivity contribution in [2.24, 2.45) is 0 Å². The molecule has 1 rings (SSSR count). The average molecular weight is 182 g/mol. The lowest BCUT2D eigenvalue weighted by Crippen LogP contribution is -2.31. The number of hydrogen-bond donors (Lipinski definition) is 1. The highest BCUT2D eigenvalue weighted by atomic mass is 32.2. The first-order valence-electron chi connectivity index (χ1n) is 3.42. The van der Waals surface area contributed by atoms with E-state index in [4.69, 9.17) is 0 Å². The van der Waals surface area contributed by atoms with Gasteiger partial charge in [-0.15, -0.1) is 0 Å². The number of amides is 1. The van der Waals surface area contributed by atoms with Crippen LogP contribution in [0.15, 0.2) is 30.3 Å². The second-order valence-electron chi connectivity index (χ2n) is 2.16. The van der Waals surface area contributed by atoms with E-state index < -0.39 is 6.09 Å². The van der Waals surface area contributed by atoms with Crippen LogP contribution >= 0.6 is 11.9 Å². The second-order valence-corrected chi connectivity index (χ2v) is 2.95. The number of rotatable bonds is 3. The molecule has 0 unspecified atom stereocenters. The van der Waals surface area contributed by atoms with Crippen LogP contribution in [0.5, 0.6) is 0 Å². The Morgan fingerprint density at radius 3 is 2.67 bits per heavy atom. The Hall–Kier alpha value is -1.16. The average Bonchev–Trinajstić information content (AvgIpc) is 2.05. The van der Waals surface area contributed by atoms with Gasteiger partial charge in [0.15, 0.2) is 0 Å². The lowest BCUT2D eigenvalue weighted by atomic mass is 10.2. The summed E-state index contributed by atoms with van der Waals surface area (Å²) in [5, 5.41) is 9.95. The van der Waals surface area contributed by atoms with Crippen molar-refractivity contribution in [2.45, 2.75) is 5.75 Å². The minimum absolute atomic E-state index is 0.620. The van der Waals surface area contributed by atoms with Gasteiger partial charge in [-0.3, -0.25) is 0 Å². The first kappa shape index (κ1) is 8.93. The third kappa shape index (κ3) is 3.30. The molecule has 0 fully saturated rings. The maximum Gasteiger partial charge on any atom is 0.144 e. The molecule has 1 amide bonds. The zero-order chi connectivity index (χ0) is 8.81. The maximum absolute atomic E-state index is 9.95. The molecule has 0 saturated carbocycles. The number of hydrogen-bond acceptors (Lipinski definition) is 3. The van der Waals surface area contributed by atoms with Crippen molar-refractivity contribution in [1.82, 2.24) is 4.72 Å². The summed E-state index contributed by atoms with van der Waals surface area (Å²) < 4.78 is 2.12. The van der Waals surface area contributed by atoms with E-state index in [1.807, 2.05) is 30.3 Å². The molecule has 0 aliphatic carbocycles. The third-order valence-electron chi connectivity index (χ3n) is 1.24. The highest BCUT2D eigenvalue weighted by Gasteiger charge is 1.90. The van der Waals surface area contributed by atoms with Crippen molar-refractivity contribution >= 4 is 18.0 Å². The molecule has 64 valence electrons. The van der Waals surface area contributed by atoms with Crippen LogP contribution in [0, 0.1) is 0 Å². The molecular formula is C8H8NO2S-. The van der Waals surface area contributed by atoms with E-state index in [9.17, 15) is 9.90 Å². The van der Waals surface area contributed by atoms with Gasteiger partial charge >= 0.3 is 0 Å². The summed E-state index contributed by atoms with van der Waals surface area (Å²) in [6, 6.07) is 9.61. The lowest BCUT2D eigenvalue weighted by Gasteiger charge is -2.04. The van der Waals surface area contributed by atoms with Gasteiger partial charge in [-0.25, -0.2) is 0 Å². The van der Waals surface area contributed by atoms with E-state index in [1.165, 1.54) is 0 Å². The molecule has 4 heteroatoms. The number of carbonyl (C=O) groups is 1. The van der Waals surface area contributed by atoms with Crippen molar-refractivity contribution in [3.8, 4) is 0 Å². The molecule has 1 N–H and O–H groups in total. The monoisotopic (exact) mass is 182 g/mol. The Bertz CT molecular complexity index is 250. The van der Waals surface area contributed by atoms with E-state index in [0.717, 1.165) is 17.5 Å². The minimum Gasteiger partial charge on any atom is -0.529 e. The summed E-state index contributed by atoms with van der Waals surface area (Å²) in [5.41, 5.74) is 1.08. The first-order chi connectivity index (χ1) is 5.79. The van der Waals surface area contributed by atoms with Gasteiger partial charge in [0.25, 0.3) is 0 Å². The summed E-state index contributed by atoms with van der Waals surface area (Å²) >= 11 is 1.10. The van der Waals surface area contributed by atoms with E-state index >= 15 is 0 Å². The van der Waals surface area contributed by atoms with Crippen LogP contribution in [0.3, 0.4) is 0 Å². The summed E-state index contributed by atoms with van der Waals surface area (Å²) in [5.74, 6) is 0.620. The zero-order valence-corrected chi connectivity index (χ0v) is 7.14. The molecule has 1 aromatic carbocycles. The summed E-state index contributed by atoms with van der Waals surface area (Å²) in [7, 11) is 0. The van der Waals surface area contributed by atoms with Crippen LogP contribution in [-0.2, 0) is 5.75 Å². The van der Waals surface area contributed by atoms with Crippen LogP contribution in [0.25, 0.3) is 0 Å². The number of benzene rings is 1. The first-order valence-corrected chi connectivity index (χ1v) is 4.40. The fraction of sp³-hybridized carbons (Fsp3) is 0.125. The smallest absolute Gasteiger partial charge is 0.144 e. The predicted molar refractivity (Wildman–Crippen MR) is 46.3 cm³/mol. The molecule has 0 aliphatic rings. The fourth-order valence-electron chi connectivity index (χ4n) is 0.753. The van der Waals surface area contributed by atoms with Gasteiger partial charge in [-0.1, -0.05) is 30.3 Å². The Morgan fingerprint density at radius 1 is 1.42 bits per heavy atom. The molecule has 0 atom stereocenters. The molecule has 0 spiro atoms. The number of carboxylic acid groups (broad SMARTS) is 1. The Kier molecular flexibility index (Phi) is 3.47. The van der Waals surface area contributed by atoms with E-state index in [-0.39, 0.29) is 0 Å². The quantitative estimate of drug-likeness (QED) is 0.702. The van der Waals surface area contributed by atoms with Gasteiger partial charge in [0.1, 0.15) is 6.09 Å². The van der Waals surface area contributed by atoms with Gasteiger partial charge in [0.05, 0.1) is 0 Å². The van der Waals surface area contributed by atoms with E-state index in [2.05, 4.69) is 4.72 Å². The normalized spacial score (nSPS) is 9.33. The Labute approximate surface area is 74.9 Å². The van der Waals surface area contributed by atoms with Crippen LogP contribution in [0.2, 0.25) is 0 Å².